The first-order valence-electron chi connectivity index (χ1n) is 6.06. The van der Waals surface area contributed by atoms with E-state index in [1.54, 1.807) is 0 Å². The largest absolute Gasteiger partial charge is 0.305 e. The maximum atomic E-state index is 4.48. The molecule has 2 aromatic rings. The predicted octanol–water partition coefficient (Wildman–Crippen LogP) is 4.00. The van der Waals surface area contributed by atoms with E-state index >= 15 is 0 Å². The van der Waals surface area contributed by atoms with Crippen LogP contribution in [0.3, 0.4) is 0 Å². The second kappa shape index (κ2) is 6.12. The van der Waals surface area contributed by atoms with Crippen molar-refractivity contribution in [2.45, 2.75) is 26.4 Å². The first-order chi connectivity index (χ1) is 8.65. The summed E-state index contributed by atoms with van der Waals surface area (Å²) in [5, 5.41) is 3.48. The van der Waals surface area contributed by atoms with Gasteiger partial charge in [0.05, 0.1) is 5.69 Å². The average molecular weight is 305 g/mol. The van der Waals surface area contributed by atoms with Crippen molar-refractivity contribution in [1.29, 1.82) is 0 Å². The van der Waals surface area contributed by atoms with E-state index in [-0.39, 0.29) is 0 Å². The molecule has 0 radical (unpaired) electrons. The van der Waals surface area contributed by atoms with Gasteiger partial charge in [-0.15, -0.1) is 0 Å². The maximum absolute atomic E-state index is 4.48. The van der Waals surface area contributed by atoms with E-state index in [1.807, 2.05) is 25.1 Å². The van der Waals surface area contributed by atoms with Crippen LogP contribution in [0.25, 0.3) is 0 Å². The number of hydrogen-bond acceptors (Lipinski definition) is 2. The highest BCUT2D eigenvalue weighted by Crippen LogP contribution is 2.16. The molecule has 0 amide bonds. The number of pyridine rings is 1. The summed E-state index contributed by atoms with van der Waals surface area (Å²) in [5.41, 5.74) is 3.43. The molecule has 0 spiro atoms. The minimum Gasteiger partial charge on any atom is -0.305 e. The quantitative estimate of drug-likeness (QED) is 0.923. The van der Waals surface area contributed by atoms with Crippen LogP contribution in [0, 0.1) is 6.92 Å². The minimum atomic E-state index is 0.320. The second-order valence-electron chi connectivity index (χ2n) is 4.42. The molecule has 2 nitrogen and oxygen atoms in total. The highest BCUT2D eigenvalue weighted by atomic mass is 79.9. The SMILES string of the molecule is Cc1cccc(CNC(C)c2ccc(Br)cc2)n1. The molecule has 0 bridgehead atoms. The van der Waals surface area contributed by atoms with Crippen molar-refractivity contribution in [1.82, 2.24) is 10.3 Å². The molecule has 1 heterocycles. The molecule has 1 atom stereocenters. The number of benzene rings is 1. The van der Waals surface area contributed by atoms with E-state index in [4.69, 9.17) is 0 Å². The van der Waals surface area contributed by atoms with Crippen molar-refractivity contribution >= 4 is 15.9 Å². The van der Waals surface area contributed by atoms with Crippen molar-refractivity contribution in [3.63, 3.8) is 0 Å². The molecule has 0 saturated heterocycles. The molecular weight excluding hydrogens is 288 g/mol. The number of hydrogen-bond donors (Lipinski definition) is 1. The van der Waals surface area contributed by atoms with Gasteiger partial charge in [0, 0.05) is 22.8 Å². The standard InChI is InChI=1S/C15H17BrN2/c1-11-4-3-5-15(18-11)10-17-12(2)13-6-8-14(16)9-7-13/h3-9,12,17H,10H2,1-2H3. The van der Waals surface area contributed by atoms with Crippen LogP contribution in [-0.4, -0.2) is 4.98 Å². The van der Waals surface area contributed by atoms with Crippen LogP contribution in [0.4, 0.5) is 0 Å². The summed E-state index contributed by atoms with van der Waals surface area (Å²) in [6.07, 6.45) is 0. The summed E-state index contributed by atoms with van der Waals surface area (Å²) in [7, 11) is 0. The van der Waals surface area contributed by atoms with Gasteiger partial charge in [-0.2, -0.15) is 0 Å². The molecule has 3 heteroatoms. The molecule has 0 aliphatic carbocycles. The van der Waals surface area contributed by atoms with E-state index < -0.39 is 0 Å². The lowest BCUT2D eigenvalue weighted by molar-refractivity contribution is 0.567. The van der Waals surface area contributed by atoms with Gasteiger partial charge in [-0.1, -0.05) is 34.1 Å². The van der Waals surface area contributed by atoms with Gasteiger partial charge in [0.1, 0.15) is 0 Å². The number of nitrogens with zero attached hydrogens (tertiary/aromatic N) is 1. The van der Waals surface area contributed by atoms with Crippen LogP contribution in [0.2, 0.25) is 0 Å². The van der Waals surface area contributed by atoms with Gasteiger partial charge < -0.3 is 5.32 Å². The summed E-state index contributed by atoms with van der Waals surface area (Å²) in [6.45, 7) is 4.97. The van der Waals surface area contributed by atoms with Gasteiger partial charge in [-0.05, 0) is 43.7 Å². The Kier molecular flexibility index (Phi) is 4.50. The second-order valence-corrected chi connectivity index (χ2v) is 5.34. The van der Waals surface area contributed by atoms with Gasteiger partial charge in [0.25, 0.3) is 0 Å². The van der Waals surface area contributed by atoms with Crippen molar-refractivity contribution < 1.29 is 0 Å². The Morgan fingerprint density at radius 1 is 1.17 bits per heavy atom. The summed E-state index contributed by atoms with van der Waals surface area (Å²) in [4.78, 5) is 4.48. The van der Waals surface area contributed by atoms with Gasteiger partial charge in [-0.3, -0.25) is 4.98 Å². The maximum Gasteiger partial charge on any atom is 0.0545 e. The smallest absolute Gasteiger partial charge is 0.0545 e. The van der Waals surface area contributed by atoms with Crippen LogP contribution < -0.4 is 5.32 Å². The third kappa shape index (κ3) is 3.65. The van der Waals surface area contributed by atoms with Gasteiger partial charge >= 0.3 is 0 Å². The van der Waals surface area contributed by atoms with E-state index in [9.17, 15) is 0 Å². The Balaban J connectivity index is 1.96. The van der Waals surface area contributed by atoms with E-state index in [0.29, 0.717) is 6.04 Å². The number of aryl methyl sites for hydroxylation is 1. The van der Waals surface area contributed by atoms with Crippen molar-refractivity contribution in [2.24, 2.45) is 0 Å². The lowest BCUT2D eigenvalue weighted by Crippen LogP contribution is -2.18. The molecule has 0 fully saturated rings. The third-order valence-electron chi connectivity index (χ3n) is 2.91. The molecule has 1 aromatic heterocycles. The van der Waals surface area contributed by atoms with Crippen LogP contribution in [0.15, 0.2) is 46.9 Å². The Hall–Kier alpha value is -1.19. The predicted molar refractivity (Wildman–Crippen MR) is 78.4 cm³/mol. The molecular formula is C15H17BrN2. The summed E-state index contributed by atoms with van der Waals surface area (Å²) >= 11 is 3.45. The Bertz CT molecular complexity index is 508. The van der Waals surface area contributed by atoms with Crippen LogP contribution in [-0.2, 0) is 6.54 Å². The number of aromatic nitrogens is 1. The van der Waals surface area contributed by atoms with Crippen molar-refractivity contribution in [2.75, 3.05) is 0 Å². The Morgan fingerprint density at radius 2 is 1.89 bits per heavy atom. The van der Waals surface area contributed by atoms with E-state index in [0.717, 1.165) is 22.4 Å². The van der Waals surface area contributed by atoms with E-state index in [2.05, 4.69) is 57.4 Å². The van der Waals surface area contributed by atoms with Gasteiger partial charge in [0.15, 0.2) is 0 Å². The number of nitrogens with one attached hydrogen (secondary N) is 1. The zero-order valence-electron chi connectivity index (χ0n) is 10.7. The first-order valence-corrected chi connectivity index (χ1v) is 6.86. The molecule has 2 rings (SSSR count). The minimum absolute atomic E-state index is 0.320. The zero-order chi connectivity index (χ0) is 13.0. The zero-order valence-corrected chi connectivity index (χ0v) is 12.2. The molecule has 0 aliphatic rings. The van der Waals surface area contributed by atoms with Crippen LogP contribution in [0.1, 0.15) is 29.9 Å². The Labute approximate surface area is 117 Å². The molecule has 18 heavy (non-hydrogen) atoms. The fourth-order valence-electron chi connectivity index (χ4n) is 1.82. The summed E-state index contributed by atoms with van der Waals surface area (Å²) in [5.74, 6) is 0. The van der Waals surface area contributed by atoms with Gasteiger partial charge in [0.2, 0.25) is 0 Å². The van der Waals surface area contributed by atoms with Crippen LogP contribution >= 0.6 is 15.9 Å². The topological polar surface area (TPSA) is 24.9 Å². The van der Waals surface area contributed by atoms with Crippen molar-refractivity contribution in [3.05, 3.63) is 63.9 Å². The van der Waals surface area contributed by atoms with Gasteiger partial charge in [-0.25, -0.2) is 0 Å². The fraction of sp³-hybridized carbons (Fsp3) is 0.267. The van der Waals surface area contributed by atoms with Crippen molar-refractivity contribution in [3.8, 4) is 0 Å². The summed E-state index contributed by atoms with van der Waals surface area (Å²) < 4.78 is 1.11. The lowest BCUT2D eigenvalue weighted by atomic mass is 10.1. The molecule has 1 aromatic carbocycles. The Morgan fingerprint density at radius 3 is 2.56 bits per heavy atom. The average Bonchev–Trinajstić information content (AvgIpc) is 2.37. The third-order valence-corrected chi connectivity index (χ3v) is 3.43. The van der Waals surface area contributed by atoms with Crippen LogP contribution in [0.5, 0.6) is 0 Å². The molecule has 0 saturated carbocycles. The highest BCUT2D eigenvalue weighted by molar-refractivity contribution is 9.10. The summed E-state index contributed by atoms with van der Waals surface area (Å²) in [6, 6.07) is 14.8. The first kappa shape index (κ1) is 13.2. The monoisotopic (exact) mass is 304 g/mol. The highest BCUT2D eigenvalue weighted by Gasteiger charge is 2.04. The molecule has 1 unspecified atom stereocenters. The molecule has 0 aliphatic heterocycles. The number of halogens is 1. The fourth-order valence-corrected chi connectivity index (χ4v) is 2.09. The van der Waals surface area contributed by atoms with E-state index in [1.165, 1.54) is 5.56 Å². The lowest BCUT2D eigenvalue weighted by Gasteiger charge is -2.14. The number of rotatable bonds is 4. The normalized spacial score (nSPS) is 12.4. The molecule has 94 valence electrons. The molecule has 1 N–H and O–H groups in total.